The van der Waals surface area contributed by atoms with Crippen molar-refractivity contribution in [3.8, 4) is 12.3 Å². The Bertz CT molecular complexity index is 1060. The van der Waals surface area contributed by atoms with E-state index in [4.69, 9.17) is 16.4 Å². The maximum Gasteiger partial charge on any atom is 0.293 e. The SMILES string of the molecule is C#CCn1c(C(=O)NOCCO)c(Nc2ccc(C)cc2F)c2cnccc21.CC. The lowest BCUT2D eigenvalue weighted by Gasteiger charge is -2.12. The van der Waals surface area contributed by atoms with Gasteiger partial charge in [0.05, 0.1) is 36.6 Å². The van der Waals surface area contributed by atoms with Crippen molar-refractivity contribution in [1.82, 2.24) is 15.0 Å². The van der Waals surface area contributed by atoms with Crippen molar-refractivity contribution in [1.29, 1.82) is 0 Å². The molecule has 30 heavy (non-hydrogen) atoms. The van der Waals surface area contributed by atoms with Gasteiger partial charge in [0.2, 0.25) is 0 Å². The minimum Gasteiger partial charge on any atom is -0.394 e. The molecule has 0 radical (unpaired) electrons. The highest BCUT2D eigenvalue weighted by Crippen LogP contribution is 2.34. The van der Waals surface area contributed by atoms with Gasteiger partial charge in [0.1, 0.15) is 11.5 Å². The second-order valence-corrected chi connectivity index (χ2v) is 6.02. The van der Waals surface area contributed by atoms with Crippen LogP contribution in [0.3, 0.4) is 0 Å². The molecule has 0 saturated carbocycles. The molecule has 0 spiro atoms. The number of nitrogens with zero attached hydrogens (tertiary/aromatic N) is 2. The average molecular weight is 412 g/mol. The lowest BCUT2D eigenvalue weighted by Crippen LogP contribution is -2.28. The van der Waals surface area contributed by atoms with E-state index in [0.29, 0.717) is 16.6 Å². The Morgan fingerprint density at radius 1 is 1.37 bits per heavy atom. The highest BCUT2D eigenvalue weighted by Gasteiger charge is 2.24. The monoisotopic (exact) mass is 412 g/mol. The van der Waals surface area contributed by atoms with Crippen molar-refractivity contribution in [2.75, 3.05) is 18.5 Å². The number of hydroxylamine groups is 1. The van der Waals surface area contributed by atoms with Gasteiger partial charge in [-0.3, -0.25) is 14.6 Å². The Kier molecular flexibility index (Phi) is 8.35. The van der Waals surface area contributed by atoms with Crippen molar-refractivity contribution in [3.05, 3.63) is 53.7 Å². The van der Waals surface area contributed by atoms with Gasteiger partial charge in [-0.2, -0.15) is 0 Å². The quantitative estimate of drug-likeness (QED) is 0.314. The van der Waals surface area contributed by atoms with Crippen LogP contribution in [-0.4, -0.2) is 33.8 Å². The molecule has 0 aliphatic rings. The first-order valence-electron chi connectivity index (χ1n) is 9.52. The molecule has 0 saturated heterocycles. The summed E-state index contributed by atoms with van der Waals surface area (Å²) in [5.74, 6) is 1.47. The number of fused-ring (bicyclic) bond motifs is 1. The van der Waals surface area contributed by atoms with Crippen molar-refractivity contribution in [3.63, 3.8) is 0 Å². The smallest absolute Gasteiger partial charge is 0.293 e. The Labute approximate surface area is 174 Å². The third kappa shape index (κ3) is 4.95. The standard InChI is InChI=1S/C20H19FN4O3.C2H6/c1-3-8-25-17-6-7-22-12-14(17)18(19(25)20(27)24-28-10-9-26)23-16-5-4-13(2)11-15(16)21;1-2/h1,4-7,11-12,23,26H,8-10H2,2H3,(H,24,27);1-2H3. The molecule has 158 valence electrons. The fraction of sp³-hybridized carbons (Fsp3) is 0.273. The molecule has 1 amide bonds. The molecule has 0 aliphatic heterocycles. The van der Waals surface area contributed by atoms with Gasteiger partial charge in [0.15, 0.2) is 0 Å². The number of aromatic nitrogens is 2. The largest absolute Gasteiger partial charge is 0.394 e. The number of pyridine rings is 1. The van der Waals surface area contributed by atoms with Crippen molar-refractivity contribution < 1.29 is 19.1 Å². The Hall–Kier alpha value is -3.41. The molecule has 7 nitrogen and oxygen atoms in total. The first kappa shape index (κ1) is 22.9. The van der Waals surface area contributed by atoms with Crippen LogP contribution in [-0.2, 0) is 11.4 Å². The number of carbonyl (C=O) groups is 1. The molecule has 0 atom stereocenters. The summed E-state index contributed by atoms with van der Waals surface area (Å²) in [6.07, 6.45) is 8.63. The van der Waals surface area contributed by atoms with Gasteiger partial charge in [-0.05, 0) is 30.7 Å². The van der Waals surface area contributed by atoms with E-state index in [1.54, 1.807) is 42.1 Å². The summed E-state index contributed by atoms with van der Waals surface area (Å²) in [5.41, 5.74) is 4.43. The number of hydrogen-bond donors (Lipinski definition) is 3. The molecule has 0 bridgehead atoms. The Balaban J connectivity index is 0.00000155. The molecule has 3 aromatic rings. The zero-order chi connectivity index (χ0) is 22.1. The van der Waals surface area contributed by atoms with E-state index >= 15 is 0 Å². The molecule has 2 aromatic heterocycles. The molecule has 3 N–H and O–H groups in total. The summed E-state index contributed by atoms with van der Waals surface area (Å²) >= 11 is 0. The van der Waals surface area contributed by atoms with E-state index < -0.39 is 11.7 Å². The molecule has 0 aliphatic carbocycles. The van der Waals surface area contributed by atoms with Crippen molar-refractivity contribution >= 4 is 28.2 Å². The lowest BCUT2D eigenvalue weighted by molar-refractivity contribution is 0.0163. The number of amides is 1. The third-order valence-corrected chi connectivity index (χ3v) is 4.07. The molecule has 3 rings (SSSR count). The molecule has 0 fully saturated rings. The van der Waals surface area contributed by atoms with Crippen LogP contribution in [0.5, 0.6) is 0 Å². The summed E-state index contributed by atoms with van der Waals surface area (Å²) in [5, 5.41) is 12.4. The van der Waals surface area contributed by atoms with E-state index in [0.717, 1.165) is 5.56 Å². The zero-order valence-corrected chi connectivity index (χ0v) is 17.2. The lowest BCUT2D eigenvalue weighted by atomic mass is 10.2. The molecule has 1 aromatic carbocycles. The van der Waals surface area contributed by atoms with Crippen molar-refractivity contribution in [2.24, 2.45) is 0 Å². The minimum absolute atomic E-state index is 0.0714. The van der Waals surface area contributed by atoms with Gasteiger partial charge in [0.25, 0.3) is 5.91 Å². The molecular formula is C22H25FN4O3. The highest BCUT2D eigenvalue weighted by molar-refractivity contribution is 6.09. The van der Waals surface area contributed by atoms with Crippen LogP contribution in [0.15, 0.2) is 36.7 Å². The summed E-state index contributed by atoms with van der Waals surface area (Å²) < 4.78 is 16.0. The number of rotatable bonds is 7. The number of anilines is 2. The maximum atomic E-state index is 14.4. The van der Waals surface area contributed by atoms with Crippen LogP contribution in [0.25, 0.3) is 10.9 Å². The number of aliphatic hydroxyl groups is 1. The van der Waals surface area contributed by atoms with E-state index in [-0.39, 0.29) is 31.1 Å². The number of carbonyl (C=O) groups excluding carboxylic acids is 1. The first-order valence-corrected chi connectivity index (χ1v) is 9.52. The van der Waals surface area contributed by atoms with Crippen LogP contribution in [0, 0.1) is 25.1 Å². The van der Waals surface area contributed by atoms with Crippen LogP contribution in [0.4, 0.5) is 15.8 Å². The third-order valence-electron chi connectivity index (χ3n) is 4.07. The van der Waals surface area contributed by atoms with Crippen LogP contribution < -0.4 is 10.8 Å². The fourth-order valence-corrected chi connectivity index (χ4v) is 2.88. The number of benzene rings is 1. The number of terminal acetylenes is 1. The van der Waals surface area contributed by atoms with Gasteiger partial charge in [0, 0.05) is 17.8 Å². The normalized spacial score (nSPS) is 10.1. The minimum atomic E-state index is -0.588. The number of halogens is 1. The number of nitrogens with one attached hydrogen (secondary N) is 2. The summed E-state index contributed by atoms with van der Waals surface area (Å²) in [7, 11) is 0. The topological polar surface area (TPSA) is 88.4 Å². The summed E-state index contributed by atoms with van der Waals surface area (Å²) in [4.78, 5) is 21.8. The van der Waals surface area contributed by atoms with Crippen LogP contribution in [0.1, 0.15) is 29.9 Å². The Morgan fingerprint density at radius 3 is 2.80 bits per heavy atom. The van der Waals surface area contributed by atoms with E-state index in [1.807, 2.05) is 13.8 Å². The second-order valence-electron chi connectivity index (χ2n) is 6.02. The van der Waals surface area contributed by atoms with Crippen molar-refractivity contribution in [2.45, 2.75) is 27.3 Å². The zero-order valence-electron chi connectivity index (χ0n) is 17.2. The number of hydrogen-bond acceptors (Lipinski definition) is 5. The Morgan fingerprint density at radius 2 is 2.13 bits per heavy atom. The molecule has 8 heteroatoms. The van der Waals surface area contributed by atoms with Gasteiger partial charge in [-0.1, -0.05) is 25.8 Å². The number of aliphatic hydroxyl groups excluding tert-OH is 1. The van der Waals surface area contributed by atoms with E-state index in [1.165, 1.54) is 6.07 Å². The van der Waals surface area contributed by atoms with Crippen LogP contribution >= 0.6 is 0 Å². The first-order chi connectivity index (χ1) is 14.6. The molecule has 2 heterocycles. The van der Waals surface area contributed by atoms with Gasteiger partial charge < -0.3 is 15.0 Å². The predicted octanol–water partition coefficient (Wildman–Crippen LogP) is 3.54. The predicted molar refractivity (Wildman–Crippen MR) is 115 cm³/mol. The fourth-order valence-electron chi connectivity index (χ4n) is 2.88. The maximum absolute atomic E-state index is 14.4. The molecule has 0 unspecified atom stereocenters. The van der Waals surface area contributed by atoms with Gasteiger partial charge in [-0.15, -0.1) is 6.42 Å². The number of aryl methyl sites for hydroxylation is 1. The molecular weight excluding hydrogens is 387 g/mol. The highest BCUT2D eigenvalue weighted by atomic mass is 19.1. The van der Waals surface area contributed by atoms with Gasteiger partial charge >= 0.3 is 0 Å². The summed E-state index contributed by atoms with van der Waals surface area (Å²) in [6, 6.07) is 6.46. The van der Waals surface area contributed by atoms with Crippen LogP contribution in [0.2, 0.25) is 0 Å². The second kappa shape index (κ2) is 11.0. The van der Waals surface area contributed by atoms with E-state index in [9.17, 15) is 9.18 Å². The summed E-state index contributed by atoms with van der Waals surface area (Å²) in [6.45, 7) is 5.57. The van der Waals surface area contributed by atoms with E-state index in [2.05, 4.69) is 21.7 Å². The average Bonchev–Trinajstić information content (AvgIpc) is 3.05. The van der Waals surface area contributed by atoms with Gasteiger partial charge in [-0.25, -0.2) is 9.87 Å².